The van der Waals surface area contributed by atoms with Crippen molar-refractivity contribution < 1.29 is 9.18 Å². The van der Waals surface area contributed by atoms with Crippen molar-refractivity contribution in [3.8, 4) is 11.4 Å². The summed E-state index contributed by atoms with van der Waals surface area (Å²) in [5.74, 6) is -0.106. The molecule has 1 amide bonds. The van der Waals surface area contributed by atoms with E-state index in [2.05, 4.69) is 20.7 Å². The third-order valence-electron chi connectivity index (χ3n) is 3.46. The van der Waals surface area contributed by atoms with Crippen molar-refractivity contribution in [2.75, 3.05) is 18.9 Å². The van der Waals surface area contributed by atoms with Crippen LogP contribution in [0.5, 0.6) is 0 Å². The van der Waals surface area contributed by atoms with Gasteiger partial charge in [-0.3, -0.25) is 9.69 Å². The normalized spacial score (nSPS) is 10.9. The first-order valence-electron chi connectivity index (χ1n) is 7.77. The summed E-state index contributed by atoms with van der Waals surface area (Å²) in [6, 6.07) is 12.7. The molecule has 3 rings (SSSR count). The minimum atomic E-state index is -0.326. The number of benzene rings is 2. The predicted molar refractivity (Wildman–Crippen MR) is 95.9 cm³/mol. The number of rotatable bonds is 6. The highest BCUT2D eigenvalue weighted by atomic mass is 35.5. The maximum Gasteiger partial charge on any atom is 0.238 e. The fourth-order valence-corrected chi connectivity index (χ4v) is 2.39. The zero-order chi connectivity index (χ0) is 18.5. The molecule has 0 bridgehead atoms. The second kappa shape index (κ2) is 8.03. The van der Waals surface area contributed by atoms with Gasteiger partial charge in [0.2, 0.25) is 11.7 Å². The Morgan fingerprint density at radius 3 is 2.58 bits per heavy atom. The standard InChI is InChI=1S/C17H16ClFN6O/c1-24(10-16(26)20-15-8-4-13(18)5-9-15)11-25-22-17(21-23-25)12-2-6-14(19)7-3-12/h2-9H,10-11H2,1H3,(H,20,26). The van der Waals surface area contributed by atoms with E-state index in [0.717, 1.165) is 0 Å². The molecule has 1 aromatic heterocycles. The van der Waals surface area contributed by atoms with Gasteiger partial charge in [0.25, 0.3) is 0 Å². The number of halogens is 2. The van der Waals surface area contributed by atoms with E-state index >= 15 is 0 Å². The van der Waals surface area contributed by atoms with Gasteiger partial charge in [-0.15, -0.1) is 15.0 Å². The highest BCUT2D eigenvalue weighted by Gasteiger charge is 2.11. The van der Waals surface area contributed by atoms with Gasteiger partial charge < -0.3 is 5.32 Å². The Hall–Kier alpha value is -2.84. The molecule has 26 heavy (non-hydrogen) atoms. The summed E-state index contributed by atoms with van der Waals surface area (Å²) < 4.78 is 13.0. The van der Waals surface area contributed by atoms with E-state index in [0.29, 0.717) is 22.1 Å². The van der Waals surface area contributed by atoms with Crippen LogP contribution in [-0.4, -0.2) is 44.6 Å². The Kier molecular flexibility index (Phi) is 5.55. The zero-order valence-corrected chi connectivity index (χ0v) is 14.7. The smallest absolute Gasteiger partial charge is 0.238 e. The van der Waals surface area contributed by atoms with Crippen molar-refractivity contribution in [2.24, 2.45) is 0 Å². The van der Waals surface area contributed by atoms with Crippen molar-refractivity contribution in [1.29, 1.82) is 0 Å². The van der Waals surface area contributed by atoms with Gasteiger partial charge in [0, 0.05) is 16.3 Å². The first-order chi connectivity index (χ1) is 12.5. The molecule has 0 aliphatic carbocycles. The number of carbonyl (C=O) groups excluding carboxylic acids is 1. The summed E-state index contributed by atoms with van der Waals surface area (Å²) in [5.41, 5.74) is 1.34. The molecular formula is C17H16ClFN6O. The molecule has 1 heterocycles. The molecule has 0 aliphatic heterocycles. The number of carbonyl (C=O) groups is 1. The number of aromatic nitrogens is 4. The molecular weight excluding hydrogens is 359 g/mol. The second-order valence-electron chi connectivity index (χ2n) is 5.70. The van der Waals surface area contributed by atoms with Gasteiger partial charge in [-0.2, -0.15) is 0 Å². The average Bonchev–Trinajstić information content (AvgIpc) is 3.05. The predicted octanol–water partition coefficient (Wildman–Crippen LogP) is 2.66. The monoisotopic (exact) mass is 374 g/mol. The summed E-state index contributed by atoms with van der Waals surface area (Å²) >= 11 is 5.81. The minimum absolute atomic E-state index is 0.149. The third-order valence-corrected chi connectivity index (χ3v) is 3.72. The summed E-state index contributed by atoms with van der Waals surface area (Å²) in [6.45, 7) is 0.429. The number of nitrogens with zero attached hydrogens (tertiary/aromatic N) is 5. The van der Waals surface area contributed by atoms with Gasteiger partial charge in [0.1, 0.15) is 12.5 Å². The quantitative estimate of drug-likeness (QED) is 0.717. The summed E-state index contributed by atoms with van der Waals surface area (Å²) in [5, 5.41) is 15.5. The summed E-state index contributed by atoms with van der Waals surface area (Å²) in [6.07, 6.45) is 0. The topological polar surface area (TPSA) is 75.9 Å². The van der Waals surface area contributed by atoms with E-state index in [1.54, 1.807) is 48.3 Å². The fraction of sp³-hybridized carbons (Fsp3) is 0.176. The maximum atomic E-state index is 13.0. The number of hydrogen-bond acceptors (Lipinski definition) is 5. The maximum absolute atomic E-state index is 13.0. The molecule has 0 saturated heterocycles. The van der Waals surface area contributed by atoms with Gasteiger partial charge in [-0.05, 0) is 60.8 Å². The van der Waals surface area contributed by atoms with Gasteiger partial charge >= 0.3 is 0 Å². The van der Waals surface area contributed by atoms with E-state index in [1.807, 2.05) is 0 Å². The van der Waals surface area contributed by atoms with Gasteiger partial charge in [-0.1, -0.05) is 11.6 Å². The molecule has 134 valence electrons. The van der Waals surface area contributed by atoms with Crippen LogP contribution in [0.3, 0.4) is 0 Å². The molecule has 7 nitrogen and oxygen atoms in total. The van der Waals surface area contributed by atoms with Gasteiger partial charge in [0.15, 0.2) is 0 Å². The van der Waals surface area contributed by atoms with Crippen LogP contribution in [0.1, 0.15) is 0 Å². The molecule has 0 saturated carbocycles. The van der Waals surface area contributed by atoms with Crippen LogP contribution in [0.4, 0.5) is 10.1 Å². The Balaban J connectivity index is 1.54. The van der Waals surface area contributed by atoms with E-state index in [4.69, 9.17) is 11.6 Å². The molecule has 0 unspecified atom stereocenters. The summed E-state index contributed by atoms with van der Waals surface area (Å²) in [4.78, 5) is 15.2. The second-order valence-corrected chi connectivity index (χ2v) is 6.14. The number of anilines is 1. The number of tetrazole rings is 1. The first kappa shape index (κ1) is 18.0. The largest absolute Gasteiger partial charge is 0.325 e. The third kappa shape index (κ3) is 4.84. The highest BCUT2D eigenvalue weighted by molar-refractivity contribution is 6.30. The number of nitrogens with one attached hydrogen (secondary N) is 1. The van der Waals surface area contributed by atoms with E-state index in [-0.39, 0.29) is 24.9 Å². The summed E-state index contributed by atoms with van der Waals surface area (Å²) in [7, 11) is 1.77. The minimum Gasteiger partial charge on any atom is -0.325 e. The lowest BCUT2D eigenvalue weighted by Crippen LogP contribution is -2.32. The molecule has 0 spiro atoms. The van der Waals surface area contributed by atoms with Crippen LogP contribution in [0, 0.1) is 5.82 Å². The van der Waals surface area contributed by atoms with Crippen molar-refractivity contribution in [1.82, 2.24) is 25.1 Å². The Bertz CT molecular complexity index is 881. The van der Waals surface area contributed by atoms with Crippen LogP contribution in [0.2, 0.25) is 5.02 Å². The van der Waals surface area contributed by atoms with Crippen LogP contribution >= 0.6 is 11.6 Å². The molecule has 9 heteroatoms. The Morgan fingerprint density at radius 1 is 1.19 bits per heavy atom. The number of hydrogen-bond donors (Lipinski definition) is 1. The van der Waals surface area contributed by atoms with E-state index < -0.39 is 0 Å². The van der Waals surface area contributed by atoms with Gasteiger partial charge in [0.05, 0.1) is 6.54 Å². The lowest BCUT2D eigenvalue weighted by molar-refractivity contribution is -0.117. The lowest BCUT2D eigenvalue weighted by Gasteiger charge is -2.15. The van der Waals surface area contributed by atoms with E-state index in [1.165, 1.54) is 16.9 Å². The van der Waals surface area contributed by atoms with E-state index in [9.17, 15) is 9.18 Å². The molecule has 3 aromatic rings. The Labute approximate surface area is 154 Å². The molecule has 1 N–H and O–H groups in total. The van der Waals surface area contributed by atoms with Crippen LogP contribution in [-0.2, 0) is 11.5 Å². The highest BCUT2D eigenvalue weighted by Crippen LogP contribution is 2.14. The molecule has 0 fully saturated rings. The SMILES string of the molecule is CN(CC(=O)Nc1ccc(Cl)cc1)Cn1nnc(-c2ccc(F)cc2)n1. The fourth-order valence-electron chi connectivity index (χ4n) is 2.26. The average molecular weight is 375 g/mol. The van der Waals surface area contributed by atoms with Crippen LogP contribution in [0.15, 0.2) is 48.5 Å². The lowest BCUT2D eigenvalue weighted by atomic mass is 10.2. The van der Waals surface area contributed by atoms with Crippen LogP contribution in [0.25, 0.3) is 11.4 Å². The van der Waals surface area contributed by atoms with Crippen molar-refractivity contribution in [3.05, 3.63) is 59.4 Å². The zero-order valence-electron chi connectivity index (χ0n) is 13.9. The molecule has 2 aromatic carbocycles. The van der Waals surface area contributed by atoms with Crippen molar-refractivity contribution >= 4 is 23.2 Å². The van der Waals surface area contributed by atoms with Crippen molar-refractivity contribution in [3.63, 3.8) is 0 Å². The Morgan fingerprint density at radius 2 is 1.88 bits per heavy atom. The molecule has 0 radical (unpaired) electrons. The number of amides is 1. The van der Waals surface area contributed by atoms with Crippen LogP contribution < -0.4 is 5.32 Å². The molecule has 0 atom stereocenters. The molecule has 0 aliphatic rings. The number of likely N-dealkylation sites (N-methyl/N-ethyl adjacent to an activating group) is 1. The first-order valence-corrected chi connectivity index (χ1v) is 8.15. The van der Waals surface area contributed by atoms with Gasteiger partial charge in [-0.25, -0.2) is 4.39 Å². The van der Waals surface area contributed by atoms with Crippen molar-refractivity contribution in [2.45, 2.75) is 6.67 Å².